The highest BCUT2D eigenvalue weighted by molar-refractivity contribution is 7.89. The highest BCUT2D eigenvalue weighted by atomic mass is 35.5. The van der Waals surface area contributed by atoms with Crippen LogP contribution in [0.1, 0.15) is 30.8 Å². The maximum atomic E-state index is 13.6. The third-order valence-electron chi connectivity index (χ3n) is 5.71. The van der Waals surface area contributed by atoms with E-state index in [4.69, 9.17) is 16.6 Å². The molecule has 0 saturated heterocycles. The van der Waals surface area contributed by atoms with E-state index in [0.717, 1.165) is 5.56 Å². The third kappa shape index (κ3) is 4.31. The van der Waals surface area contributed by atoms with E-state index in [0.29, 0.717) is 33.9 Å². The van der Waals surface area contributed by atoms with Gasteiger partial charge in [-0.25, -0.2) is 13.4 Å². The fourth-order valence-corrected chi connectivity index (χ4v) is 5.38. The molecule has 4 rings (SSSR count). The smallest absolute Gasteiger partial charge is 0.266 e. The van der Waals surface area contributed by atoms with E-state index in [-0.39, 0.29) is 10.5 Å². The summed E-state index contributed by atoms with van der Waals surface area (Å²) in [4.78, 5) is 18.5. The van der Waals surface area contributed by atoms with Crippen molar-refractivity contribution in [3.8, 4) is 5.69 Å². The fraction of sp³-hybridized carbons (Fsp3) is 0.200. The van der Waals surface area contributed by atoms with Gasteiger partial charge in [0.2, 0.25) is 10.0 Å². The Kier molecular flexibility index (Phi) is 6.38. The number of fused-ring (bicyclic) bond motifs is 1. The predicted molar refractivity (Wildman–Crippen MR) is 132 cm³/mol. The highest BCUT2D eigenvalue weighted by Crippen LogP contribution is 2.30. The minimum Gasteiger partial charge on any atom is -0.268 e. The summed E-state index contributed by atoms with van der Waals surface area (Å²) < 4.78 is 29.6. The van der Waals surface area contributed by atoms with E-state index in [2.05, 4.69) is 0 Å². The molecule has 0 spiro atoms. The molecule has 0 saturated carbocycles. The zero-order valence-electron chi connectivity index (χ0n) is 18.6. The molecule has 3 aromatic carbocycles. The van der Waals surface area contributed by atoms with Crippen molar-refractivity contribution in [2.75, 3.05) is 7.05 Å². The van der Waals surface area contributed by atoms with E-state index >= 15 is 0 Å². The first kappa shape index (κ1) is 23.2. The van der Waals surface area contributed by atoms with Gasteiger partial charge in [-0.05, 0) is 61.9 Å². The van der Waals surface area contributed by atoms with Crippen molar-refractivity contribution >= 4 is 32.5 Å². The van der Waals surface area contributed by atoms with Crippen LogP contribution in [0.4, 0.5) is 0 Å². The zero-order valence-corrected chi connectivity index (χ0v) is 20.1. The van der Waals surface area contributed by atoms with E-state index < -0.39 is 16.1 Å². The Morgan fingerprint density at radius 3 is 2.27 bits per heavy atom. The molecule has 0 N–H and O–H groups in total. The molecule has 170 valence electrons. The summed E-state index contributed by atoms with van der Waals surface area (Å²) in [6, 6.07) is 20.0. The Labute approximate surface area is 198 Å². The number of aryl methyl sites for hydroxylation is 1. The molecule has 0 aliphatic carbocycles. The number of nitrogens with zero attached hydrogens (tertiary/aromatic N) is 3. The van der Waals surface area contributed by atoms with E-state index in [1.807, 2.05) is 44.2 Å². The van der Waals surface area contributed by atoms with Crippen LogP contribution in [-0.4, -0.2) is 29.3 Å². The molecule has 0 fully saturated rings. The normalized spacial score (nSPS) is 12.9. The Hall–Kier alpha value is -3.00. The molecule has 0 amide bonds. The van der Waals surface area contributed by atoms with Crippen LogP contribution in [0.15, 0.2) is 82.5 Å². The molecule has 33 heavy (non-hydrogen) atoms. The van der Waals surface area contributed by atoms with Gasteiger partial charge in [-0.15, -0.1) is 0 Å². The molecular formula is C25H24ClN3O3S. The quantitative estimate of drug-likeness (QED) is 0.383. The maximum absolute atomic E-state index is 13.6. The highest BCUT2D eigenvalue weighted by Gasteiger charge is 2.32. The van der Waals surface area contributed by atoms with Crippen molar-refractivity contribution in [2.24, 2.45) is 0 Å². The first-order chi connectivity index (χ1) is 15.7. The van der Waals surface area contributed by atoms with E-state index in [1.54, 1.807) is 30.3 Å². The number of aromatic nitrogens is 2. The third-order valence-corrected chi connectivity index (χ3v) is 7.84. The van der Waals surface area contributed by atoms with E-state index in [9.17, 15) is 13.2 Å². The van der Waals surface area contributed by atoms with Gasteiger partial charge in [0, 0.05) is 12.1 Å². The summed E-state index contributed by atoms with van der Waals surface area (Å²) in [7, 11) is -2.35. The second-order valence-corrected chi connectivity index (χ2v) is 10.3. The first-order valence-electron chi connectivity index (χ1n) is 10.6. The Morgan fingerprint density at radius 2 is 1.64 bits per heavy atom. The second-order valence-electron chi connectivity index (χ2n) is 7.86. The molecule has 8 heteroatoms. The lowest BCUT2D eigenvalue weighted by atomic mass is 10.1. The number of hydrogen-bond donors (Lipinski definition) is 0. The van der Waals surface area contributed by atoms with Crippen molar-refractivity contribution < 1.29 is 8.42 Å². The first-order valence-corrected chi connectivity index (χ1v) is 12.4. The average Bonchev–Trinajstić information content (AvgIpc) is 2.81. The van der Waals surface area contributed by atoms with Crippen molar-refractivity contribution in [1.82, 2.24) is 13.9 Å². The van der Waals surface area contributed by atoms with Gasteiger partial charge in [-0.3, -0.25) is 9.36 Å². The van der Waals surface area contributed by atoms with Gasteiger partial charge < -0.3 is 0 Å². The van der Waals surface area contributed by atoms with Crippen molar-refractivity contribution in [2.45, 2.75) is 31.2 Å². The molecule has 1 heterocycles. The summed E-state index contributed by atoms with van der Waals surface area (Å²) in [6.45, 7) is 3.84. The lowest BCUT2D eigenvalue weighted by molar-refractivity contribution is 0.347. The average molecular weight is 482 g/mol. The number of sulfonamides is 1. The van der Waals surface area contributed by atoms with Gasteiger partial charge in [-0.2, -0.15) is 4.31 Å². The van der Waals surface area contributed by atoms with Crippen LogP contribution < -0.4 is 5.56 Å². The van der Waals surface area contributed by atoms with Crippen molar-refractivity contribution in [1.29, 1.82) is 0 Å². The number of benzene rings is 3. The minimum absolute atomic E-state index is 0.123. The number of para-hydroxylation sites is 1. The standard InChI is InChI=1S/C25H24ClN3O3S/c1-4-23(28(3)33(31,32)20-15-11-18(26)12-16-20)24-27-22-8-6-5-7-21(22)25(30)29(24)19-13-9-17(2)10-14-19/h5-16,23H,4H2,1-3H3. The fourth-order valence-electron chi connectivity index (χ4n) is 3.86. The van der Waals surface area contributed by atoms with Crippen molar-refractivity contribution in [3.05, 3.63) is 99.6 Å². The van der Waals surface area contributed by atoms with Crippen LogP contribution in [0.25, 0.3) is 16.6 Å². The van der Waals surface area contributed by atoms with Gasteiger partial charge in [0.05, 0.1) is 27.5 Å². The van der Waals surface area contributed by atoms with Gasteiger partial charge >= 0.3 is 0 Å². The Morgan fingerprint density at radius 1 is 1.00 bits per heavy atom. The SMILES string of the molecule is CCC(c1nc2ccccc2c(=O)n1-c1ccc(C)cc1)N(C)S(=O)(=O)c1ccc(Cl)cc1. The summed E-state index contributed by atoms with van der Waals surface area (Å²) in [5.74, 6) is 0.366. The lowest BCUT2D eigenvalue weighted by Crippen LogP contribution is -2.36. The van der Waals surface area contributed by atoms with E-state index in [1.165, 1.54) is 28.1 Å². The van der Waals surface area contributed by atoms with Gasteiger partial charge in [0.15, 0.2) is 0 Å². The molecule has 6 nitrogen and oxygen atoms in total. The van der Waals surface area contributed by atoms with Crippen LogP contribution in [0.5, 0.6) is 0 Å². The molecule has 1 aromatic heterocycles. The van der Waals surface area contributed by atoms with Crippen LogP contribution in [0.3, 0.4) is 0 Å². The summed E-state index contributed by atoms with van der Waals surface area (Å²) in [5.41, 5.74) is 1.97. The van der Waals surface area contributed by atoms with Gasteiger partial charge in [0.1, 0.15) is 5.82 Å². The monoisotopic (exact) mass is 481 g/mol. The molecule has 0 aliphatic rings. The number of halogens is 1. The zero-order chi connectivity index (χ0) is 23.8. The van der Waals surface area contributed by atoms with Crippen LogP contribution >= 0.6 is 11.6 Å². The van der Waals surface area contributed by atoms with Crippen LogP contribution in [-0.2, 0) is 10.0 Å². The molecule has 1 unspecified atom stereocenters. The maximum Gasteiger partial charge on any atom is 0.266 e. The van der Waals surface area contributed by atoms with Crippen LogP contribution in [0.2, 0.25) is 5.02 Å². The second kappa shape index (κ2) is 9.09. The molecule has 0 bridgehead atoms. The molecule has 4 aromatic rings. The van der Waals surface area contributed by atoms with Gasteiger partial charge in [0.25, 0.3) is 5.56 Å². The molecule has 1 atom stereocenters. The van der Waals surface area contributed by atoms with Crippen molar-refractivity contribution in [3.63, 3.8) is 0 Å². The molecule has 0 aliphatic heterocycles. The number of rotatable bonds is 6. The predicted octanol–water partition coefficient (Wildman–Crippen LogP) is 5.12. The Balaban J connectivity index is 1.94. The Bertz CT molecular complexity index is 1460. The summed E-state index contributed by atoms with van der Waals surface area (Å²) in [6.07, 6.45) is 0.417. The summed E-state index contributed by atoms with van der Waals surface area (Å²) in [5, 5.41) is 0.924. The minimum atomic E-state index is -3.87. The topological polar surface area (TPSA) is 72.3 Å². The summed E-state index contributed by atoms with van der Waals surface area (Å²) >= 11 is 5.94. The lowest BCUT2D eigenvalue weighted by Gasteiger charge is -2.28. The molecular weight excluding hydrogens is 458 g/mol. The van der Waals surface area contributed by atoms with Crippen LogP contribution in [0, 0.1) is 6.92 Å². The number of hydrogen-bond acceptors (Lipinski definition) is 4. The van der Waals surface area contributed by atoms with Gasteiger partial charge in [-0.1, -0.05) is 48.4 Å². The largest absolute Gasteiger partial charge is 0.268 e. The molecule has 0 radical (unpaired) electrons.